The van der Waals surface area contributed by atoms with Crippen molar-refractivity contribution in [2.24, 2.45) is 0 Å². The van der Waals surface area contributed by atoms with Crippen molar-refractivity contribution in [3.8, 4) is 10.4 Å². The summed E-state index contributed by atoms with van der Waals surface area (Å²) in [5.74, 6) is -0.171. The molecule has 0 atom stereocenters. The van der Waals surface area contributed by atoms with Gasteiger partial charge in [0.25, 0.3) is 0 Å². The van der Waals surface area contributed by atoms with Crippen LogP contribution in [0.2, 0.25) is 0 Å². The van der Waals surface area contributed by atoms with E-state index in [0.717, 1.165) is 22.0 Å². The van der Waals surface area contributed by atoms with Crippen molar-refractivity contribution in [1.82, 2.24) is 4.98 Å². The van der Waals surface area contributed by atoms with E-state index in [9.17, 15) is 4.39 Å². The lowest BCUT2D eigenvalue weighted by molar-refractivity contribution is 0.631. The maximum absolute atomic E-state index is 13.6. The zero-order valence-corrected chi connectivity index (χ0v) is 9.57. The van der Waals surface area contributed by atoms with E-state index in [2.05, 4.69) is 4.98 Å². The highest BCUT2D eigenvalue weighted by Gasteiger charge is 2.12. The van der Waals surface area contributed by atoms with Crippen molar-refractivity contribution >= 4 is 11.3 Å². The monoisotopic (exact) mass is 221 g/mol. The molecule has 3 heteroatoms. The Morgan fingerprint density at radius 2 is 2.07 bits per heavy atom. The molecule has 2 aromatic rings. The minimum absolute atomic E-state index is 0.171. The molecule has 15 heavy (non-hydrogen) atoms. The molecule has 78 valence electrons. The molecule has 1 aromatic carbocycles. The van der Waals surface area contributed by atoms with Crippen LogP contribution in [0.4, 0.5) is 4.39 Å². The lowest BCUT2D eigenvalue weighted by atomic mass is 10.1. The number of hydrogen-bond donors (Lipinski definition) is 0. The van der Waals surface area contributed by atoms with Gasteiger partial charge in [-0.1, -0.05) is 25.1 Å². The maximum Gasteiger partial charge on any atom is 0.131 e. The van der Waals surface area contributed by atoms with Gasteiger partial charge in [-0.3, -0.25) is 0 Å². The van der Waals surface area contributed by atoms with Crippen LogP contribution < -0.4 is 0 Å². The zero-order valence-electron chi connectivity index (χ0n) is 8.75. The van der Waals surface area contributed by atoms with Crippen molar-refractivity contribution in [2.75, 3.05) is 0 Å². The van der Waals surface area contributed by atoms with E-state index in [-0.39, 0.29) is 5.82 Å². The molecule has 0 fully saturated rings. The highest BCUT2D eigenvalue weighted by atomic mass is 32.1. The van der Waals surface area contributed by atoms with E-state index in [0.29, 0.717) is 5.56 Å². The van der Waals surface area contributed by atoms with E-state index in [4.69, 9.17) is 0 Å². The maximum atomic E-state index is 13.6. The molecule has 0 saturated heterocycles. The third-order valence-electron chi connectivity index (χ3n) is 2.26. The number of nitrogens with zero attached hydrogens (tertiary/aromatic N) is 1. The van der Waals surface area contributed by atoms with Gasteiger partial charge in [-0.15, -0.1) is 11.3 Å². The molecular weight excluding hydrogens is 209 g/mol. The first kappa shape index (κ1) is 10.3. The molecule has 0 unspecified atom stereocenters. The second-order valence-corrected chi connectivity index (χ2v) is 4.55. The second kappa shape index (κ2) is 4.11. The number of benzene rings is 1. The topological polar surface area (TPSA) is 12.9 Å². The molecule has 0 aliphatic carbocycles. The highest BCUT2D eigenvalue weighted by Crippen LogP contribution is 2.31. The van der Waals surface area contributed by atoms with E-state index in [1.165, 1.54) is 6.07 Å². The molecule has 1 nitrogen and oxygen atoms in total. The number of thiazole rings is 1. The van der Waals surface area contributed by atoms with Gasteiger partial charge in [0.2, 0.25) is 0 Å². The largest absolute Gasteiger partial charge is 0.246 e. The summed E-state index contributed by atoms with van der Waals surface area (Å²) in [6, 6.07) is 6.86. The minimum Gasteiger partial charge on any atom is -0.246 e. The third kappa shape index (κ3) is 1.92. The molecule has 0 radical (unpaired) electrons. The average Bonchev–Trinajstić information content (AvgIpc) is 2.60. The molecule has 1 aromatic heterocycles. The Kier molecular flexibility index (Phi) is 2.82. The quantitative estimate of drug-likeness (QED) is 0.751. The van der Waals surface area contributed by atoms with Gasteiger partial charge in [0.1, 0.15) is 5.82 Å². The number of aromatic nitrogens is 1. The molecule has 2 rings (SSSR count). The number of aryl methyl sites for hydroxylation is 2. The van der Waals surface area contributed by atoms with Crippen molar-refractivity contribution < 1.29 is 4.39 Å². The molecule has 0 bridgehead atoms. The first-order chi connectivity index (χ1) is 7.22. The normalized spacial score (nSPS) is 10.6. The van der Waals surface area contributed by atoms with Crippen LogP contribution in [0, 0.1) is 12.7 Å². The fraction of sp³-hybridized carbons (Fsp3) is 0.250. The van der Waals surface area contributed by atoms with E-state index in [1.807, 2.05) is 19.9 Å². The van der Waals surface area contributed by atoms with Gasteiger partial charge in [0.05, 0.1) is 15.6 Å². The van der Waals surface area contributed by atoms with Crippen LogP contribution in [-0.2, 0) is 6.42 Å². The molecule has 0 aliphatic rings. The molecule has 0 spiro atoms. The van der Waals surface area contributed by atoms with Gasteiger partial charge in [-0.05, 0) is 19.4 Å². The summed E-state index contributed by atoms with van der Waals surface area (Å²) < 4.78 is 13.6. The number of rotatable bonds is 2. The first-order valence-electron chi connectivity index (χ1n) is 4.93. The van der Waals surface area contributed by atoms with Crippen LogP contribution in [0.25, 0.3) is 10.4 Å². The number of hydrogen-bond acceptors (Lipinski definition) is 2. The Morgan fingerprint density at radius 3 is 2.73 bits per heavy atom. The van der Waals surface area contributed by atoms with Gasteiger partial charge in [-0.2, -0.15) is 0 Å². The van der Waals surface area contributed by atoms with Crippen LogP contribution in [-0.4, -0.2) is 4.98 Å². The lowest BCUT2D eigenvalue weighted by Gasteiger charge is -2.01. The summed E-state index contributed by atoms with van der Waals surface area (Å²) in [6.07, 6.45) is 0.841. The van der Waals surface area contributed by atoms with Crippen LogP contribution in [0.3, 0.4) is 0 Å². The van der Waals surface area contributed by atoms with Crippen molar-refractivity contribution in [2.45, 2.75) is 20.3 Å². The summed E-state index contributed by atoms with van der Waals surface area (Å²) in [4.78, 5) is 5.36. The predicted octanol–water partition coefficient (Wildman–Crippen LogP) is 3.82. The van der Waals surface area contributed by atoms with Gasteiger partial charge < -0.3 is 0 Å². The smallest absolute Gasteiger partial charge is 0.131 e. The Hall–Kier alpha value is -1.22. The summed E-state index contributed by atoms with van der Waals surface area (Å²) >= 11 is 1.56. The Balaban J connectivity index is 2.58. The molecule has 0 amide bonds. The van der Waals surface area contributed by atoms with Gasteiger partial charge in [0, 0.05) is 5.56 Å². The van der Waals surface area contributed by atoms with E-state index < -0.39 is 0 Å². The fourth-order valence-electron chi connectivity index (χ4n) is 1.57. The Labute approximate surface area is 92.6 Å². The Morgan fingerprint density at radius 1 is 1.33 bits per heavy atom. The van der Waals surface area contributed by atoms with Crippen LogP contribution in [0.1, 0.15) is 17.6 Å². The van der Waals surface area contributed by atoms with Crippen molar-refractivity contribution in [3.63, 3.8) is 0 Å². The predicted molar refractivity (Wildman–Crippen MR) is 61.6 cm³/mol. The standard InChI is InChI=1S/C12H12FNS/c1-3-11-12(15-8(2)14-11)9-6-4-5-7-10(9)13/h4-7H,3H2,1-2H3. The molecule has 0 aliphatic heterocycles. The summed E-state index contributed by atoms with van der Waals surface area (Å²) in [6.45, 7) is 3.99. The summed E-state index contributed by atoms with van der Waals surface area (Å²) in [5, 5.41) is 0.991. The molecular formula is C12H12FNS. The summed E-state index contributed by atoms with van der Waals surface area (Å²) in [5.41, 5.74) is 1.66. The summed E-state index contributed by atoms with van der Waals surface area (Å²) in [7, 11) is 0. The van der Waals surface area contributed by atoms with E-state index in [1.54, 1.807) is 23.5 Å². The van der Waals surface area contributed by atoms with Crippen molar-refractivity contribution in [3.05, 3.63) is 40.8 Å². The van der Waals surface area contributed by atoms with Crippen LogP contribution >= 0.6 is 11.3 Å². The van der Waals surface area contributed by atoms with Gasteiger partial charge >= 0.3 is 0 Å². The molecule has 0 saturated carbocycles. The SMILES string of the molecule is CCc1nc(C)sc1-c1ccccc1F. The van der Waals surface area contributed by atoms with Crippen LogP contribution in [0.15, 0.2) is 24.3 Å². The average molecular weight is 221 g/mol. The van der Waals surface area contributed by atoms with Gasteiger partial charge in [-0.25, -0.2) is 9.37 Å². The fourth-order valence-corrected chi connectivity index (χ4v) is 2.60. The second-order valence-electron chi connectivity index (χ2n) is 3.34. The van der Waals surface area contributed by atoms with Gasteiger partial charge in [0.15, 0.2) is 0 Å². The van der Waals surface area contributed by atoms with Crippen LogP contribution in [0.5, 0.6) is 0 Å². The minimum atomic E-state index is -0.171. The first-order valence-corrected chi connectivity index (χ1v) is 5.75. The number of halogens is 1. The van der Waals surface area contributed by atoms with E-state index >= 15 is 0 Å². The highest BCUT2D eigenvalue weighted by molar-refractivity contribution is 7.15. The lowest BCUT2D eigenvalue weighted by Crippen LogP contribution is -1.86. The Bertz CT molecular complexity index is 476. The zero-order chi connectivity index (χ0) is 10.8. The third-order valence-corrected chi connectivity index (χ3v) is 3.30. The van der Waals surface area contributed by atoms with Crippen molar-refractivity contribution in [1.29, 1.82) is 0 Å². The molecule has 0 N–H and O–H groups in total. The molecule has 1 heterocycles.